The molecule has 0 bridgehead atoms. The quantitative estimate of drug-likeness (QED) is 0.749. The summed E-state index contributed by atoms with van der Waals surface area (Å²) in [5.74, 6) is 0. The number of hydrogen-bond donors (Lipinski definition) is 2. The Morgan fingerprint density at radius 1 is 1.47 bits per heavy atom. The van der Waals surface area contributed by atoms with Crippen LogP contribution < -0.4 is 11.5 Å². The van der Waals surface area contributed by atoms with Gasteiger partial charge in [-0.15, -0.1) is 5.10 Å². The molecule has 1 unspecified atom stereocenters. The molecule has 0 saturated carbocycles. The van der Waals surface area contributed by atoms with Crippen LogP contribution in [-0.4, -0.2) is 27.6 Å². The fraction of sp³-hybridized carbons (Fsp3) is 0.455. The molecule has 0 radical (unpaired) electrons. The van der Waals surface area contributed by atoms with E-state index in [4.69, 9.17) is 16.2 Å². The Morgan fingerprint density at radius 3 is 2.94 bits per heavy atom. The van der Waals surface area contributed by atoms with Crippen molar-refractivity contribution in [2.24, 2.45) is 12.8 Å². The van der Waals surface area contributed by atoms with Crippen LogP contribution in [0.25, 0.3) is 11.0 Å². The van der Waals surface area contributed by atoms with Crippen LogP contribution in [-0.2, 0) is 18.4 Å². The Bertz CT molecular complexity index is 520. The molecule has 1 aromatic carbocycles. The lowest BCUT2D eigenvalue weighted by Gasteiger charge is -2.08. The maximum Gasteiger partial charge on any atom is 0.136 e. The second-order valence-corrected chi connectivity index (χ2v) is 4.26. The van der Waals surface area contributed by atoms with Crippen LogP contribution in [0, 0.1) is 0 Å². The molecule has 0 spiro atoms. The first-order chi connectivity index (χ1) is 8.08. The topological polar surface area (TPSA) is 92.0 Å². The van der Waals surface area contributed by atoms with Gasteiger partial charge in [-0.1, -0.05) is 5.21 Å². The molecule has 6 nitrogen and oxygen atoms in total. The van der Waals surface area contributed by atoms with E-state index in [1.54, 1.807) is 4.68 Å². The SMILES string of the molecule is CC(N)COCc1cc(N)c2nnn(C)c2c1. The van der Waals surface area contributed by atoms with Crippen molar-refractivity contribution in [3.63, 3.8) is 0 Å². The Balaban J connectivity index is 2.20. The second-order valence-electron chi connectivity index (χ2n) is 4.26. The number of nitrogens with zero attached hydrogens (tertiary/aromatic N) is 3. The predicted molar refractivity (Wildman–Crippen MR) is 66.2 cm³/mol. The summed E-state index contributed by atoms with van der Waals surface area (Å²) in [6.07, 6.45) is 0. The average molecular weight is 235 g/mol. The number of ether oxygens (including phenoxy) is 1. The van der Waals surface area contributed by atoms with Crippen molar-refractivity contribution in [1.82, 2.24) is 15.0 Å². The maximum absolute atomic E-state index is 5.91. The number of rotatable bonds is 4. The zero-order chi connectivity index (χ0) is 12.4. The van der Waals surface area contributed by atoms with Gasteiger partial charge in [0, 0.05) is 13.1 Å². The monoisotopic (exact) mass is 235 g/mol. The molecule has 0 saturated heterocycles. The van der Waals surface area contributed by atoms with Crippen LogP contribution in [0.15, 0.2) is 12.1 Å². The van der Waals surface area contributed by atoms with Crippen molar-refractivity contribution in [1.29, 1.82) is 0 Å². The van der Waals surface area contributed by atoms with Gasteiger partial charge in [-0.2, -0.15) is 0 Å². The highest BCUT2D eigenvalue weighted by molar-refractivity contribution is 5.87. The minimum absolute atomic E-state index is 0.0365. The molecule has 1 aromatic heterocycles. The summed E-state index contributed by atoms with van der Waals surface area (Å²) in [6.45, 7) is 2.93. The van der Waals surface area contributed by atoms with E-state index in [2.05, 4.69) is 10.3 Å². The van der Waals surface area contributed by atoms with Crippen molar-refractivity contribution < 1.29 is 4.74 Å². The summed E-state index contributed by atoms with van der Waals surface area (Å²) in [7, 11) is 1.83. The van der Waals surface area contributed by atoms with Gasteiger partial charge in [0.15, 0.2) is 0 Å². The lowest BCUT2D eigenvalue weighted by atomic mass is 10.2. The van der Waals surface area contributed by atoms with Crippen molar-refractivity contribution in [2.75, 3.05) is 12.3 Å². The Morgan fingerprint density at radius 2 is 2.24 bits per heavy atom. The van der Waals surface area contributed by atoms with E-state index in [0.717, 1.165) is 16.6 Å². The van der Waals surface area contributed by atoms with Gasteiger partial charge in [0.25, 0.3) is 0 Å². The Kier molecular flexibility index (Phi) is 3.26. The van der Waals surface area contributed by atoms with Crippen molar-refractivity contribution in [2.45, 2.75) is 19.6 Å². The van der Waals surface area contributed by atoms with Gasteiger partial charge in [-0.25, -0.2) is 4.68 Å². The van der Waals surface area contributed by atoms with E-state index < -0.39 is 0 Å². The van der Waals surface area contributed by atoms with Crippen molar-refractivity contribution in [3.05, 3.63) is 17.7 Å². The number of nitrogen functional groups attached to an aromatic ring is 1. The Labute approximate surface area is 99.5 Å². The summed E-state index contributed by atoms with van der Waals surface area (Å²) in [6, 6.07) is 3.87. The molecule has 1 heterocycles. The fourth-order valence-electron chi connectivity index (χ4n) is 1.66. The maximum atomic E-state index is 5.91. The number of aromatic nitrogens is 3. The fourth-order valence-corrected chi connectivity index (χ4v) is 1.66. The highest BCUT2D eigenvalue weighted by atomic mass is 16.5. The second kappa shape index (κ2) is 4.68. The molecular weight excluding hydrogens is 218 g/mol. The average Bonchev–Trinajstić information content (AvgIpc) is 2.61. The minimum Gasteiger partial charge on any atom is -0.397 e. The van der Waals surface area contributed by atoms with Crippen LogP contribution in [0.2, 0.25) is 0 Å². The summed E-state index contributed by atoms with van der Waals surface area (Å²) in [5.41, 5.74) is 14.8. The number of aryl methyl sites for hydroxylation is 1. The normalized spacial score (nSPS) is 13.1. The number of hydrogen-bond acceptors (Lipinski definition) is 5. The highest BCUT2D eigenvalue weighted by Crippen LogP contribution is 2.20. The van der Waals surface area contributed by atoms with E-state index >= 15 is 0 Å². The third-order valence-corrected chi connectivity index (χ3v) is 2.46. The molecule has 92 valence electrons. The van der Waals surface area contributed by atoms with Gasteiger partial charge in [0.1, 0.15) is 5.52 Å². The summed E-state index contributed by atoms with van der Waals surface area (Å²) in [5, 5.41) is 7.93. The summed E-state index contributed by atoms with van der Waals surface area (Å²) < 4.78 is 7.17. The number of fused-ring (bicyclic) bond motifs is 1. The summed E-state index contributed by atoms with van der Waals surface area (Å²) in [4.78, 5) is 0. The minimum atomic E-state index is 0.0365. The predicted octanol–water partition coefficient (Wildman–Crippen LogP) is 0.414. The first kappa shape index (κ1) is 11.8. The standard InChI is InChI=1S/C11H17N5O/c1-7(12)5-17-6-8-3-9(13)11-10(4-8)16(2)15-14-11/h3-4,7H,5-6,12-13H2,1-2H3. The van der Waals surface area contributed by atoms with Gasteiger partial charge < -0.3 is 16.2 Å². The largest absolute Gasteiger partial charge is 0.397 e. The van der Waals surface area contributed by atoms with E-state index in [9.17, 15) is 0 Å². The van der Waals surface area contributed by atoms with Crippen molar-refractivity contribution in [3.8, 4) is 0 Å². The third-order valence-electron chi connectivity index (χ3n) is 2.46. The van der Waals surface area contributed by atoms with E-state index in [-0.39, 0.29) is 6.04 Å². The zero-order valence-electron chi connectivity index (χ0n) is 10.1. The van der Waals surface area contributed by atoms with Gasteiger partial charge in [-0.3, -0.25) is 0 Å². The van der Waals surface area contributed by atoms with Crippen molar-refractivity contribution >= 4 is 16.7 Å². The first-order valence-corrected chi connectivity index (χ1v) is 5.49. The molecule has 1 atom stereocenters. The molecule has 2 aromatic rings. The van der Waals surface area contributed by atoms with Crippen LogP contribution in [0.4, 0.5) is 5.69 Å². The molecule has 0 aliphatic heterocycles. The Hall–Kier alpha value is -1.66. The van der Waals surface area contributed by atoms with Gasteiger partial charge in [0.05, 0.1) is 24.4 Å². The molecular formula is C11H17N5O. The lowest BCUT2D eigenvalue weighted by molar-refractivity contribution is 0.111. The van der Waals surface area contributed by atoms with E-state index in [0.29, 0.717) is 18.9 Å². The lowest BCUT2D eigenvalue weighted by Crippen LogP contribution is -2.21. The smallest absolute Gasteiger partial charge is 0.136 e. The van der Waals surface area contributed by atoms with Crippen LogP contribution in [0.3, 0.4) is 0 Å². The molecule has 6 heteroatoms. The molecule has 2 rings (SSSR count). The van der Waals surface area contributed by atoms with Gasteiger partial charge >= 0.3 is 0 Å². The van der Waals surface area contributed by atoms with Gasteiger partial charge in [-0.05, 0) is 24.6 Å². The van der Waals surface area contributed by atoms with Crippen LogP contribution in [0.1, 0.15) is 12.5 Å². The molecule has 0 amide bonds. The molecule has 0 aliphatic carbocycles. The molecule has 0 fully saturated rings. The van der Waals surface area contributed by atoms with E-state index in [1.807, 2.05) is 26.1 Å². The van der Waals surface area contributed by atoms with Crippen LogP contribution in [0.5, 0.6) is 0 Å². The molecule has 0 aliphatic rings. The first-order valence-electron chi connectivity index (χ1n) is 5.49. The summed E-state index contributed by atoms with van der Waals surface area (Å²) >= 11 is 0. The zero-order valence-corrected chi connectivity index (χ0v) is 10.1. The third kappa shape index (κ3) is 2.54. The number of benzene rings is 1. The molecule has 17 heavy (non-hydrogen) atoms. The van der Waals surface area contributed by atoms with E-state index in [1.165, 1.54) is 0 Å². The number of anilines is 1. The molecule has 4 N–H and O–H groups in total. The number of nitrogens with two attached hydrogens (primary N) is 2. The van der Waals surface area contributed by atoms with Gasteiger partial charge in [0.2, 0.25) is 0 Å². The highest BCUT2D eigenvalue weighted by Gasteiger charge is 2.07. The van der Waals surface area contributed by atoms with Crippen LogP contribution >= 0.6 is 0 Å².